The first-order valence-electron chi connectivity index (χ1n) is 5.29. The number of ether oxygens (including phenoxy) is 2. The van der Waals surface area contributed by atoms with E-state index in [1.807, 2.05) is 0 Å². The second-order valence-corrected chi connectivity index (χ2v) is 4.51. The van der Waals surface area contributed by atoms with Crippen LogP contribution in [0.2, 0.25) is 0 Å². The highest BCUT2D eigenvalue weighted by Crippen LogP contribution is 2.15. The van der Waals surface area contributed by atoms with Crippen LogP contribution in [0.3, 0.4) is 0 Å². The van der Waals surface area contributed by atoms with Crippen LogP contribution in [0.15, 0.2) is 17.0 Å². The number of oxazole rings is 1. The number of hydrogen-bond acceptors (Lipinski definition) is 6. The van der Waals surface area contributed by atoms with Crippen LogP contribution in [0.1, 0.15) is 32.6 Å². The molecule has 0 radical (unpaired) electrons. The lowest BCUT2D eigenvalue weighted by Gasteiger charge is -2.21. The molecule has 1 aromatic rings. The van der Waals surface area contributed by atoms with Gasteiger partial charge in [0.25, 0.3) is 0 Å². The normalized spacial score (nSPS) is 12.7. The standard InChI is InChI=1S/C11H16N2O5/c1-11(2,3)18-10(15)13-8(9(14)16-4)7-5-12-6-17-7/h5-6,8H,1-4H3,(H,13,15)/t8-/m0/s1. The molecule has 7 nitrogen and oxygen atoms in total. The molecule has 0 spiro atoms. The molecule has 0 bridgehead atoms. The Morgan fingerprint density at radius 3 is 2.56 bits per heavy atom. The zero-order chi connectivity index (χ0) is 13.8. The first-order valence-corrected chi connectivity index (χ1v) is 5.29. The monoisotopic (exact) mass is 256 g/mol. The summed E-state index contributed by atoms with van der Waals surface area (Å²) < 4.78 is 14.6. The van der Waals surface area contributed by atoms with E-state index < -0.39 is 23.7 Å². The molecule has 7 heteroatoms. The van der Waals surface area contributed by atoms with Gasteiger partial charge in [0.2, 0.25) is 0 Å². The highest BCUT2D eigenvalue weighted by molar-refractivity contribution is 5.82. The van der Waals surface area contributed by atoms with Crippen molar-refractivity contribution in [3.05, 3.63) is 18.4 Å². The average Bonchev–Trinajstić information content (AvgIpc) is 2.75. The van der Waals surface area contributed by atoms with Crippen LogP contribution in [0.5, 0.6) is 0 Å². The third kappa shape index (κ3) is 4.08. The van der Waals surface area contributed by atoms with Crippen molar-refractivity contribution in [1.82, 2.24) is 10.3 Å². The van der Waals surface area contributed by atoms with Gasteiger partial charge < -0.3 is 19.2 Å². The molecule has 0 aliphatic rings. The van der Waals surface area contributed by atoms with Crippen molar-refractivity contribution in [1.29, 1.82) is 0 Å². The van der Waals surface area contributed by atoms with E-state index in [1.54, 1.807) is 20.8 Å². The van der Waals surface area contributed by atoms with Gasteiger partial charge in [0.1, 0.15) is 5.60 Å². The van der Waals surface area contributed by atoms with Crippen molar-refractivity contribution in [3.8, 4) is 0 Å². The summed E-state index contributed by atoms with van der Waals surface area (Å²) in [5.74, 6) is -0.495. The second-order valence-electron chi connectivity index (χ2n) is 4.51. The van der Waals surface area contributed by atoms with Crippen molar-refractivity contribution < 1.29 is 23.5 Å². The average molecular weight is 256 g/mol. The summed E-state index contributed by atoms with van der Waals surface area (Å²) in [7, 11) is 1.21. The van der Waals surface area contributed by atoms with Crippen molar-refractivity contribution in [2.24, 2.45) is 0 Å². The smallest absolute Gasteiger partial charge is 0.408 e. The summed E-state index contributed by atoms with van der Waals surface area (Å²) in [5.41, 5.74) is -0.661. The summed E-state index contributed by atoms with van der Waals surface area (Å²) in [6.45, 7) is 5.15. The molecular weight excluding hydrogens is 240 g/mol. The number of methoxy groups -OCH3 is 1. The van der Waals surface area contributed by atoms with Gasteiger partial charge in [-0.1, -0.05) is 0 Å². The molecule has 1 aromatic heterocycles. The fourth-order valence-corrected chi connectivity index (χ4v) is 1.16. The quantitative estimate of drug-likeness (QED) is 0.822. The van der Waals surface area contributed by atoms with Gasteiger partial charge in [-0.05, 0) is 20.8 Å². The molecule has 1 atom stereocenters. The fraction of sp³-hybridized carbons (Fsp3) is 0.545. The Hall–Kier alpha value is -2.05. The van der Waals surface area contributed by atoms with Crippen molar-refractivity contribution in [2.75, 3.05) is 7.11 Å². The van der Waals surface area contributed by atoms with Crippen LogP contribution in [-0.4, -0.2) is 29.8 Å². The van der Waals surface area contributed by atoms with Crippen LogP contribution in [0, 0.1) is 0 Å². The molecule has 18 heavy (non-hydrogen) atoms. The lowest BCUT2D eigenvalue weighted by molar-refractivity contribution is -0.143. The van der Waals surface area contributed by atoms with E-state index >= 15 is 0 Å². The van der Waals surface area contributed by atoms with Crippen LogP contribution in [-0.2, 0) is 14.3 Å². The second kappa shape index (κ2) is 5.52. The van der Waals surface area contributed by atoms with Gasteiger partial charge in [0.15, 0.2) is 18.2 Å². The molecule has 1 amide bonds. The molecule has 100 valence electrons. The van der Waals surface area contributed by atoms with E-state index in [0.717, 1.165) is 6.39 Å². The number of nitrogens with one attached hydrogen (secondary N) is 1. The molecule has 0 saturated carbocycles. The number of aromatic nitrogens is 1. The lowest BCUT2D eigenvalue weighted by atomic mass is 10.2. The van der Waals surface area contributed by atoms with Gasteiger partial charge in [-0.3, -0.25) is 0 Å². The number of rotatable bonds is 3. The van der Waals surface area contributed by atoms with Crippen LogP contribution >= 0.6 is 0 Å². The Morgan fingerprint density at radius 2 is 2.11 bits per heavy atom. The minimum absolute atomic E-state index is 0.174. The molecule has 0 saturated heterocycles. The molecule has 0 aliphatic heterocycles. The van der Waals surface area contributed by atoms with Gasteiger partial charge in [-0.15, -0.1) is 0 Å². The van der Waals surface area contributed by atoms with Gasteiger partial charge >= 0.3 is 12.1 Å². The minimum Gasteiger partial charge on any atom is -0.467 e. The molecule has 0 fully saturated rings. The van der Waals surface area contributed by atoms with Crippen LogP contribution in [0.4, 0.5) is 4.79 Å². The number of amides is 1. The maximum atomic E-state index is 11.6. The van der Waals surface area contributed by atoms with E-state index in [4.69, 9.17) is 9.15 Å². The predicted molar refractivity (Wildman–Crippen MR) is 60.6 cm³/mol. The molecule has 1 rings (SSSR count). The predicted octanol–water partition coefficient (Wildman–Crippen LogP) is 1.41. The summed E-state index contributed by atoms with van der Waals surface area (Å²) in [5, 5.41) is 2.36. The largest absolute Gasteiger partial charge is 0.467 e. The number of carbonyl (C=O) groups excluding carboxylic acids is 2. The fourth-order valence-electron chi connectivity index (χ4n) is 1.16. The Bertz CT molecular complexity index is 408. The van der Waals surface area contributed by atoms with Gasteiger partial charge in [0, 0.05) is 0 Å². The molecule has 1 heterocycles. The summed E-state index contributed by atoms with van der Waals surface area (Å²) in [6, 6.07) is -1.08. The topological polar surface area (TPSA) is 90.7 Å². The summed E-state index contributed by atoms with van der Waals surface area (Å²) in [4.78, 5) is 26.8. The molecule has 1 N–H and O–H groups in total. The Morgan fingerprint density at radius 1 is 1.44 bits per heavy atom. The Balaban J connectivity index is 2.75. The molecular formula is C11H16N2O5. The molecule has 0 aromatic carbocycles. The van der Waals surface area contributed by atoms with Crippen molar-refractivity contribution >= 4 is 12.1 Å². The maximum absolute atomic E-state index is 11.6. The van der Waals surface area contributed by atoms with Crippen LogP contribution < -0.4 is 5.32 Å². The number of nitrogens with zero attached hydrogens (tertiary/aromatic N) is 1. The van der Waals surface area contributed by atoms with Crippen LogP contribution in [0.25, 0.3) is 0 Å². The van der Waals surface area contributed by atoms with Gasteiger partial charge in [-0.2, -0.15) is 0 Å². The highest BCUT2D eigenvalue weighted by atomic mass is 16.6. The minimum atomic E-state index is -1.08. The number of esters is 1. The maximum Gasteiger partial charge on any atom is 0.408 e. The third-order valence-electron chi connectivity index (χ3n) is 1.83. The number of alkyl carbamates (subject to hydrolysis) is 1. The SMILES string of the molecule is COC(=O)[C@@H](NC(=O)OC(C)(C)C)c1cnco1. The van der Waals surface area contributed by atoms with E-state index in [9.17, 15) is 9.59 Å². The third-order valence-corrected chi connectivity index (χ3v) is 1.83. The van der Waals surface area contributed by atoms with Gasteiger partial charge in [-0.25, -0.2) is 14.6 Å². The van der Waals surface area contributed by atoms with E-state index in [1.165, 1.54) is 13.3 Å². The zero-order valence-corrected chi connectivity index (χ0v) is 10.7. The van der Waals surface area contributed by atoms with E-state index in [-0.39, 0.29) is 5.76 Å². The summed E-state index contributed by atoms with van der Waals surface area (Å²) >= 11 is 0. The number of carbonyl (C=O) groups is 2. The first kappa shape index (κ1) is 14.0. The Labute approximate surface area is 104 Å². The zero-order valence-electron chi connectivity index (χ0n) is 10.7. The first-order chi connectivity index (χ1) is 8.33. The molecule has 0 aliphatic carbocycles. The Kier molecular flexibility index (Phi) is 4.30. The van der Waals surface area contributed by atoms with Gasteiger partial charge in [0.05, 0.1) is 13.3 Å². The number of hydrogen-bond donors (Lipinski definition) is 1. The van der Waals surface area contributed by atoms with E-state index in [0.29, 0.717) is 0 Å². The molecule has 0 unspecified atom stereocenters. The van der Waals surface area contributed by atoms with E-state index in [2.05, 4.69) is 15.0 Å². The van der Waals surface area contributed by atoms with Crippen molar-refractivity contribution in [3.63, 3.8) is 0 Å². The lowest BCUT2D eigenvalue weighted by Crippen LogP contribution is -2.38. The summed E-state index contributed by atoms with van der Waals surface area (Å²) in [6.07, 6.45) is 1.73. The highest BCUT2D eigenvalue weighted by Gasteiger charge is 2.28. The van der Waals surface area contributed by atoms with Crippen molar-refractivity contribution in [2.45, 2.75) is 32.4 Å².